The molecule has 0 aliphatic heterocycles. The minimum Gasteiger partial charge on any atom is -0.299 e. The standard InChI is InChI=1S/C14H20O3/c1-2-13(17)10-3-5-14(6-4-10)8-11(15)7-12(16)9-14/h10H,2-9H2,1H3. The number of carbonyl (C=O) groups excluding carboxylic acids is 3. The Kier molecular flexibility index (Phi) is 3.45. The zero-order valence-corrected chi connectivity index (χ0v) is 10.5. The van der Waals surface area contributed by atoms with Crippen molar-refractivity contribution in [3.05, 3.63) is 0 Å². The Morgan fingerprint density at radius 2 is 1.71 bits per heavy atom. The minimum absolute atomic E-state index is 0.0864. The summed E-state index contributed by atoms with van der Waals surface area (Å²) in [5.74, 6) is 0.717. The van der Waals surface area contributed by atoms with Gasteiger partial charge in [-0.3, -0.25) is 14.4 Å². The summed E-state index contributed by atoms with van der Waals surface area (Å²) in [6.45, 7) is 1.90. The molecule has 0 N–H and O–H groups in total. The van der Waals surface area contributed by atoms with Crippen LogP contribution in [0.1, 0.15) is 58.3 Å². The summed E-state index contributed by atoms with van der Waals surface area (Å²) in [5.41, 5.74) is -0.0864. The number of ketones is 3. The van der Waals surface area contributed by atoms with E-state index in [-0.39, 0.29) is 29.3 Å². The lowest BCUT2D eigenvalue weighted by Gasteiger charge is -2.41. The van der Waals surface area contributed by atoms with E-state index in [0.717, 1.165) is 25.7 Å². The highest BCUT2D eigenvalue weighted by Gasteiger charge is 2.42. The topological polar surface area (TPSA) is 51.2 Å². The fraction of sp³-hybridized carbons (Fsp3) is 0.786. The second-order valence-corrected chi connectivity index (χ2v) is 5.70. The van der Waals surface area contributed by atoms with Crippen molar-refractivity contribution < 1.29 is 14.4 Å². The van der Waals surface area contributed by atoms with E-state index in [4.69, 9.17) is 0 Å². The van der Waals surface area contributed by atoms with Crippen molar-refractivity contribution in [2.45, 2.75) is 58.3 Å². The molecule has 94 valence electrons. The highest BCUT2D eigenvalue weighted by atomic mass is 16.1. The van der Waals surface area contributed by atoms with E-state index in [1.807, 2.05) is 6.92 Å². The van der Waals surface area contributed by atoms with Gasteiger partial charge < -0.3 is 0 Å². The van der Waals surface area contributed by atoms with Gasteiger partial charge in [0.25, 0.3) is 0 Å². The first-order valence-electron chi connectivity index (χ1n) is 6.61. The van der Waals surface area contributed by atoms with Crippen LogP contribution in [0.3, 0.4) is 0 Å². The fourth-order valence-corrected chi connectivity index (χ4v) is 3.44. The van der Waals surface area contributed by atoms with E-state index >= 15 is 0 Å². The Morgan fingerprint density at radius 3 is 2.18 bits per heavy atom. The van der Waals surface area contributed by atoms with Crippen molar-refractivity contribution >= 4 is 17.3 Å². The number of rotatable bonds is 2. The van der Waals surface area contributed by atoms with Gasteiger partial charge in [0.05, 0.1) is 6.42 Å². The molecule has 0 unspecified atom stereocenters. The molecule has 0 radical (unpaired) electrons. The minimum atomic E-state index is -0.0864. The number of carbonyl (C=O) groups is 3. The monoisotopic (exact) mass is 236 g/mol. The molecule has 0 amide bonds. The Morgan fingerprint density at radius 1 is 1.18 bits per heavy atom. The number of hydrogen-bond donors (Lipinski definition) is 0. The smallest absolute Gasteiger partial charge is 0.140 e. The molecule has 2 saturated carbocycles. The van der Waals surface area contributed by atoms with Crippen LogP contribution in [0.4, 0.5) is 0 Å². The number of Topliss-reactive ketones (excluding diaryl/α,β-unsaturated/α-hetero) is 3. The van der Waals surface area contributed by atoms with Crippen molar-refractivity contribution in [1.82, 2.24) is 0 Å². The van der Waals surface area contributed by atoms with Crippen LogP contribution in [0.5, 0.6) is 0 Å². The molecule has 17 heavy (non-hydrogen) atoms. The van der Waals surface area contributed by atoms with Gasteiger partial charge in [0.1, 0.15) is 17.3 Å². The summed E-state index contributed by atoms with van der Waals surface area (Å²) in [5, 5.41) is 0. The molecule has 3 nitrogen and oxygen atoms in total. The highest BCUT2D eigenvalue weighted by Crippen LogP contribution is 2.47. The average Bonchev–Trinajstić information content (AvgIpc) is 2.27. The molecule has 0 aromatic carbocycles. The van der Waals surface area contributed by atoms with Crippen LogP contribution in [-0.4, -0.2) is 17.3 Å². The van der Waals surface area contributed by atoms with Crippen molar-refractivity contribution in [2.75, 3.05) is 0 Å². The highest BCUT2D eigenvalue weighted by molar-refractivity contribution is 6.02. The third kappa shape index (κ3) is 2.64. The summed E-state index contributed by atoms with van der Waals surface area (Å²) in [4.78, 5) is 34.7. The molecule has 0 aromatic heterocycles. The molecule has 2 aliphatic rings. The maximum absolute atomic E-state index is 11.6. The quantitative estimate of drug-likeness (QED) is 0.692. The van der Waals surface area contributed by atoms with Crippen molar-refractivity contribution in [3.63, 3.8) is 0 Å². The summed E-state index contributed by atoms with van der Waals surface area (Å²) in [6, 6.07) is 0. The van der Waals surface area contributed by atoms with Gasteiger partial charge in [0, 0.05) is 25.2 Å². The van der Waals surface area contributed by atoms with E-state index in [1.54, 1.807) is 0 Å². The van der Waals surface area contributed by atoms with Gasteiger partial charge in [0.2, 0.25) is 0 Å². The van der Waals surface area contributed by atoms with E-state index in [0.29, 0.717) is 25.0 Å². The van der Waals surface area contributed by atoms with Crippen molar-refractivity contribution in [3.8, 4) is 0 Å². The molecule has 2 rings (SSSR count). The molecule has 3 heteroatoms. The van der Waals surface area contributed by atoms with Crippen LogP contribution < -0.4 is 0 Å². The van der Waals surface area contributed by atoms with Crippen LogP contribution in [0.2, 0.25) is 0 Å². The predicted molar refractivity (Wildman–Crippen MR) is 63.6 cm³/mol. The third-order valence-electron chi connectivity index (χ3n) is 4.39. The zero-order chi connectivity index (χ0) is 12.5. The van der Waals surface area contributed by atoms with E-state index in [9.17, 15) is 14.4 Å². The van der Waals surface area contributed by atoms with Crippen LogP contribution in [0.25, 0.3) is 0 Å². The van der Waals surface area contributed by atoms with Crippen LogP contribution in [0, 0.1) is 11.3 Å². The van der Waals surface area contributed by atoms with Crippen LogP contribution in [-0.2, 0) is 14.4 Å². The lowest BCUT2D eigenvalue weighted by Crippen LogP contribution is -2.38. The molecular weight excluding hydrogens is 216 g/mol. The van der Waals surface area contributed by atoms with Crippen LogP contribution in [0.15, 0.2) is 0 Å². The summed E-state index contributed by atoms with van der Waals surface area (Å²) in [7, 11) is 0. The molecule has 0 saturated heterocycles. The Bertz CT molecular complexity index is 330. The van der Waals surface area contributed by atoms with Crippen molar-refractivity contribution in [1.29, 1.82) is 0 Å². The second kappa shape index (κ2) is 4.71. The largest absolute Gasteiger partial charge is 0.299 e. The Labute approximate surface area is 102 Å². The Hall–Kier alpha value is -0.990. The van der Waals surface area contributed by atoms with E-state index in [2.05, 4.69) is 0 Å². The van der Waals surface area contributed by atoms with Gasteiger partial charge in [-0.25, -0.2) is 0 Å². The third-order valence-corrected chi connectivity index (χ3v) is 4.39. The SMILES string of the molecule is CCC(=O)C1CCC2(CC1)CC(=O)CC(=O)C2. The summed E-state index contributed by atoms with van der Waals surface area (Å²) in [6.07, 6.45) is 5.36. The van der Waals surface area contributed by atoms with Gasteiger partial charge in [-0.2, -0.15) is 0 Å². The molecule has 0 atom stereocenters. The van der Waals surface area contributed by atoms with Crippen LogP contribution >= 0.6 is 0 Å². The van der Waals surface area contributed by atoms with Crippen molar-refractivity contribution in [2.24, 2.45) is 11.3 Å². The first-order valence-corrected chi connectivity index (χ1v) is 6.61. The number of hydrogen-bond acceptors (Lipinski definition) is 3. The molecular formula is C14H20O3. The van der Waals surface area contributed by atoms with Gasteiger partial charge in [-0.05, 0) is 31.1 Å². The van der Waals surface area contributed by atoms with Gasteiger partial charge in [-0.15, -0.1) is 0 Å². The fourth-order valence-electron chi connectivity index (χ4n) is 3.44. The van der Waals surface area contributed by atoms with E-state index in [1.165, 1.54) is 0 Å². The lowest BCUT2D eigenvalue weighted by atomic mass is 9.62. The van der Waals surface area contributed by atoms with Gasteiger partial charge >= 0.3 is 0 Å². The lowest BCUT2D eigenvalue weighted by molar-refractivity contribution is -0.136. The molecule has 2 fully saturated rings. The molecule has 0 bridgehead atoms. The molecule has 0 aromatic rings. The molecule has 2 aliphatic carbocycles. The van der Waals surface area contributed by atoms with Gasteiger partial charge in [-0.1, -0.05) is 6.92 Å². The molecule has 1 spiro atoms. The summed E-state index contributed by atoms with van der Waals surface area (Å²) < 4.78 is 0. The van der Waals surface area contributed by atoms with Gasteiger partial charge in [0.15, 0.2) is 0 Å². The maximum Gasteiger partial charge on any atom is 0.140 e. The Balaban J connectivity index is 1.99. The second-order valence-electron chi connectivity index (χ2n) is 5.70. The average molecular weight is 236 g/mol. The summed E-state index contributed by atoms with van der Waals surface area (Å²) >= 11 is 0. The maximum atomic E-state index is 11.6. The first-order chi connectivity index (χ1) is 8.04. The normalized spacial score (nSPS) is 25.2. The molecule has 0 heterocycles. The predicted octanol–water partition coefficient (Wildman–Crippen LogP) is 2.46. The first kappa shape index (κ1) is 12.5. The van der Waals surface area contributed by atoms with E-state index < -0.39 is 0 Å². The zero-order valence-electron chi connectivity index (χ0n) is 10.5.